The minimum Gasteiger partial charge on any atom is -0.352 e. The highest BCUT2D eigenvalue weighted by atomic mass is 35.5. The minimum absolute atomic E-state index is 0.00858. The molecule has 0 atom stereocenters. The van der Waals surface area contributed by atoms with Crippen LogP contribution in [0.1, 0.15) is 18.4 Å². The summed E-state index contributed by atoms with van der Waals surface area (Å²) < 4.78 is 12.8. The van der Waals surface area contributed by atoms with E-state index in [1.54, 1.807) is 6.07 Å². The van der Waals surface area contributed by atoms with Crippen LogP contribution in [0.4, 0.5) is 4.39 Å². The first-order chi connectivity index (χ1) is 8.15. The Balaban J connectivity index is 1.75. The van der Waals surface area contributed by atoms with Gasteiger partial charge in [0, 0.05) is 17.6 Å². The molecular formula is C12H14ClFN2O. The second kappa shape index (κ2) is 5.47. The van der Waals surface area contributed by atoms with Gasteiger partial charge in [0.2, 0.25) is 5.91 Å². The zero-order valence-electron chi connectivity index (χ0n) is 9.30. The Morgan fingerprint density at radius 2 is 2.24 bits per heavy atom. The van der Waals surface area contributed by atoms with E-state index in [9.17, 15) is 9.18 Å². The minimum atomic E-state index is -0.356. The molecule has 0 saturated heterocycles. The summed E-state index contributed by atoms with van der Waals surface area (Å²) in [6, 6.07) is 4.61. The van der Waals surface area contributed by atoms with E-state index in [1.165, 1.54) is 12.1 Å². The molecule has 5 heteroatoms. The Kier molecular flexibility index (Phi) is 3.97. The summed E-state index contributed by atoms with van der Waals surface area (Å²) in [6.07, 6.45) is 2.16. The van der Waals surface area contributed by atoms with Crippen molar-refractivity contribution in [1.82, 2.24) is 10.6 Å². The maximum atomic E-state index is 12.8. The summed E-state index contributed by atoms with van der Waals surface area (Å²) in [5, 5.41) is 6.22. The molecule has 1 aromatic rings. The lowest BCUT2D eigenvalue weighted by Crippen LogP contribution is -2.34. The first kappa shape index (κ1) is 12.3. The molecule has 1 aliphatic carbocycles. The van der Waals surface area contributed by atoms with Gasteiger partial charge in [0.1, 0.15) is 5.82 Å². The number of hydrogen-bond donors (Lipinski definition) is 2. The Hall–Kier alpha value is -1.13. The summed E-state index contributed by atoms with van der Waals surface area (Å²) >= 11 is 5.86. The fourth-order valence-electron chi connectivity index (χ4n) is 1.48. The Morgan fingerprint density at radius 3 is 2.88 bits per heavy atom. The number of carbonyl (C=O) groups is 1. The van der Waals surface area contributed by atoms with Crippen molar-refractivity contribution in [2.75, 3.05) is 6.54 Å². The van der Waals surface area contributed by atoms with Gasteiger partial charge in [-0.15, -0.1) is 0 Å². The summed E-state index contributed by atoms with van der Waals surface area (Å²) in [7, 11) is 0. The van der Waals surface area contributed by atoms with Gasteiger partial charge < -0.3 is 10.6 Å². The van der Waals surface area contributed by atoms with Gasteiger partial charge in [-0.25, -0.2) is 4.39 Å². The predicted molar refractivity (Wildman–Crippen MR) is 64.3 cm³/mol. The van der Waals surface area contributed by atoms with Crippen molar-refractivity contribution in [3.8, 4) is 0 Å². The highest BCUT2D eigenvalue weighted by Crippen LogP contribution is 2.18. The van der Waals surface area contributed by atoms with Crippen LogP contribution in [-0.4, -0.2) is 18.5 Å². The Labute approximate surface area is 104 Å². The zero-order chi connectivity index (χ0) is 12.3. The van der Waals surface area contributed by atoms with E-state index in [1.807, 2.05) is 0 Å². The Bertz CT molecular complexity index is 421. The largest absolute Gasteiger partial charge is 0.352 e. The molecule has 2 N–H and O–H groups in total. The average Bonchev–Trinajstić information content (AvgIpc) is 3.05. The van der Waals surface area contributed by atoms with E-state index < -0.39 is 0 Å². The molecule has 0 spiro atoms. The third-order valence-electron chi connectivity index (χ3n) is 2.56. The first-order valence-corrected chi connectivity index (χ1v) is 5.97. The fraction of sp³-hybridized carbons (Fsp3) is 0.417. The van der Waals surface area contributed by atoms with Gasteiger partial charge in [-0.3, -0.25) is 4.79 Å². The molecule has 1 aliphatic rings. The second-order valence-corrected chi connectivity index (χ2v) is 4.59. The van der Waals surface area contributed by atoms with Crippen LogP contribution in [0.25, 0.3) is 0 Å². The molecule has 0 unspecified atom stereocenters. The van der Waals surface area contributed by atoms with E-state index in [0.717, 1.165) is 18.4 Å². The average molecular weight is 257 g/mol. The topological polar surface area (TPSA) is 41.1 Å². The normalized spacial score (nSPS) is 14.7. The predicted octanol–water partition coefficient (Wildman–Crippen LogP) is 1.85. The maximum Gasteiger partial charge on any atom is 0.234 e. The molecule has 3 nitrogen and oxygen atoms in total. The number of amides is 1. The molecule has 2 rings (SSSR count). The summed E-state index contributed by atoms with van der Waals surface area (Å²) in [5.74, 6) is -0.365. The molecule has 1 fully saturated rings. The van der Waals surface area contributed by atoms with Crippen molar-refractivity contribution in [2.24, 2.45) is 0 Å². The van der Waals surface area contributed by atoms with Gasteiger partial charge in [-0.1, -0.05) is 17.7 Å². The smallest absolute Gasteiger partial charge is 0.234 e. The van der Waals surface area contributed by atoms with Gasteiger partial charge in [-0.05, 0) is 30.5 Å². The molecule has 1 saturated carbocycles. The van der Waals surface area contributed by atoms with Crippen molar-refractivity contribution in [3.05, 3.63) is 34.6 Å². The fourth-order valence-corrected chi connectivity index (χ4v) is 1.72. The SMILES string of the molecule is O=C(CNCc1ccc(F)cc1Cl)NC1CC1. The summed E-state index contributed by atoms with van der Waals surface area (Å²) in [6.45, 7) is 0.710. The van der Waals surface area contributed by atoms with E-state index in [0.29, 0.717) is 17.6 Å². The van der Waals surface area contributed by atoms with E-state index >= 15 is 0 Å². The van der Waals surface area contributed by atoms with E-state index in [2.05, 4.69) is 10.6 Å². The number of halogens is 2. The number of rotatable bonds is 5. The molecule has 0 aliphatic heterocycles. The third kappa shape index (κ3) is 3.98. The quantitative estimate of drug-likeness (QED) is 0.844. The molecule has 92 valence electrons. The molecule has 1 amide bonds. The lowest BCUT2D eigenvalue weighted by atomic mass is 10.2. The van der Waals surface area contributed by atoms with Crippen molar-refractivity contribution in [3.63, 3.8) is 0 Å². The molecule has 0 aromatic heterocycles. The molecule has 1 aromatic carbocycles. The summed E-state index contributed by atoms with van der Waals surface area (Å²) in [5.41, 5.74) is 0.785. The van der Waals surface area contributed by atoms with Crippen LogP contribution >= 0.6 is 11.6 Å². The lowest BCUT2D eigenvalue weighted by molar-refractivity contribution is -0.120. The van der Waals surface area contributed by atoms with Crippen LogP contribution in [0.15, 0.2) is 18.2 Å². The van der Waals surface area contributed by atoms with Crippen molar-refractivity contribution in [2.45, 2.75) is 25.4 Å². The van der Waals surface area contributed by atoms with Crippen LogP contribution in [0, 0.1) is 5.82 Å². The Morgan fingerprint density at radius 1 is 1.47 bits per heavy atom. The van der Waals surface area contributed by atoms with Crippen molar-refractivity contribution >= 4 is 17.5 Å². The number of carbonyl (C=O) groups excluding carboxylic acids is 1. The van der Waals surface area contributed by atoms with Crippen LogP contribution < -0.4 is 10.6 Å². The van der Waals surface area contributed by atoms with E-state index in [-0.39, 0.29) is 18.3 Å². The molecule has 17 heavy (non-hydrogen) atoms. The van der Waals surface area contributed by atoms with Gasteiger partial charge in [0.05, 0.1) is 6.54 Å². The zero-order valence-corrected chi connectivity index (χ0v) is 10.1. The monoisotopic (exact) mass is 256 g/mol. The first-order valence-electron chi connectivity index (χ1n) is 5.59. The number of hydrogen-bond acceptors (Lipinski definition) is 2. The lowest BCUT2D eigenvalue weighted by Gasteiger charge is -2.07. The van der Waals surface area contributed by atoms with Crippen LogP contribution in [0.3, 0.4) is 0 Å². The van der Waals surface area contributed by atoms with Gasteiger partial charge >= 0.3 is 0 Å². The highest BCUT2D eigenvalue weighted by Gasteiger charge is 2.22. The summed E-state index contributed by atoms with van der Waals surface area (Å²) in [4.78, 5) is 11.4. The molecule has 0 heterocycles. The van der Waals surface area contributed by atoms with E-state index in [4.69, 9.17) is 11.6 Å². The molecule has 0 bridgehead atoms. The number of benzene rings is 1. The van der Waals surface area contributed by atoms with Crippen molar-refractivity contribution < 1.29 is 9.18 Å². The molecule has 0 radical (unpaired) electrons. The highest BCUT2D eigenvalue weighted by molar-refractivity contribution is 6.31. The van der Waals surface area contributed by atoms with Crippen LogP contribution in [-0.2, 0) is 11.3 Å². The molecular weight excluding hydrogens is 243 g/mol. The van der Waals surface area contributed by atoms with Gasteiger partial charge in [0.25, 0.3) is 0 Å². The van der Waals surface area contributed by atoms with Crippen molar-refractivity contribution in [1.29, 1.82) is 0 Å². The standard InChI is InChI=1S/C12H14ClFN2O/c13-11-5-9(14)2-1-8(11)6-15-7-12(17)16-10-3-4-10/h1-2,5,10,15H,3-4,6-7H2,(H,16,17). The van der Waals surface area contributed by atoms with Crippen LogP contribution in [0.2, 0.25) is 5.02 Å². The van der Waals surface area contributed by atoms with Crippen LogP contribution in [0.5, 0.6) is 0 Å². The maximum absolute atomic E-state index is 12.8. The van der Waals surface area contributed by atoms with Gasteiger partial charge in [0.15, 0.2) is 0 Å². The van der Waals surface area contributed by atoms with Gasteiger partial charge in [-0.2, -0.15) is 0 Å². The second-order valence-electron chi connectivity index (χ2n) is 4.18. The number of nitrogens with one attached hydrogen (secondary N) is 2. The third-order valence-corrected chi connectivity index (χ3v) is 2.91.